The lowest BCUT2D eigenvalue weighted by atomic mass is 10.1. The highest BCUT2D eigenvalue weighted by atomic mass is 79.9. The topological polar surface area (TPSA) is 76.1 Å². The van der Waals surface area contributed by atoms with E-state index in [1.165, 1.54) is 36.0 Å². The van der Waals surface area contributed by atoms with Gasteiger partial charge in [-0.1, -0.05) is 46.3 Å². The summed E-state index contributed by atoms with van der Waals surface area (Å²) >= 11 is 3.28. The summed E-state index contributed by atoms with van der Waals surface area (Å²) in [5.74, 6) is -0.273. The van der Waals surface area contributed by atoms with E-state index in [2.05, 4.69) is 38.4 Å². The minimum Gasteiger partial charge on any atom is -0.350 e. The van der Waals surface area contributed by atoms with Gasteiger partial charge in [0.2, 0.25) is 9.84 Å². The largest absolute Gasteiger partial charge is 0.350 e. The summed E-state index contributed by atoms with van der Waals surface area (Å²) in [7, 11) is -3.72. The Bertz CT molecular complexity index is 1070. The number of nitrogens with zero attached hydrogens (tertiary/aromatic N) is 1. The Morgan fingerprint density at radius 3 is 2.34 bits per heavy atom. The van der Waals surface area contributed by atoms with Gasteiger partial charge in [-0.25, -0.2) is 13.4 Å². The molecule has 5 nitrogen and oxygen atoms in total. The van der Waals surface area contributed by atoms with E-state index in [0.29, 0.717) is 5.56 Å². The smallest absolute Gasteiger partial charge is 0.253 e. The summed E-state index contributed by atoms with van der Waals surface area (Å²) < 4.78 is 26.1. The van der Waals surface area contributed by atoms with E-state index >= 15 is 0 Å². The quantitative estimate of drug-likeness (QED) is 0.551. The van der Waals surface area contributed by atoms with Crippen molar-refractivity contribution in [1.82, 2.24) is 10.3 Å². The Balaban J connectivity index is 1.63. The Labute approximate surface area is 179 Å². The van der Waals surface area contributed by atoms with Crippen LogP contribution in [0.4, 0.5) is 0 Å². The van der Waals surface area contributed by atoms with Crippen LogP contribution >= 0.6 is 15.9 Å². The number of rotatable bonds is 7. The maximum absolute atomic E-state index is 12.6. The third kappa shape index (κ3) is 5.52. The van der Waals surface area contributed by atoms with E-state index in [-0.39, 0.29) is 21.9 Å². The fourth-order valence-corrected chi connectivity index (χ4v) is 4.25. The van der Waals surface area contributed by atoms with Crippen molar-refractivity contribution in [2.24, 2.45) is 0 Å². The molecule has 0 saturated carbocycles. The van der Waals surface area contributed by atoms with Gasteiger partial charge in [0, 0.05) is 16.7 Å². The van der Waals surface area contributed by atoms with Gasteiger partial charge in [-0.15, -0.1) is 0 Å². The molecular weight excluding hydrogens is 452 g/mol. The number of pyridine rings is 1. The maximum Gasteiger partial charge on any atom is 0.253 e. The lowest BCUT2D eigenvalue weighted by Crippen LogP contribution is -2.33. The zero-order valence-electron chi connectivity index (χ0n) is 15.9. The molecule has 3 rings (SSSR count). The summed E-state index contributed by atoms with van der Waals surface area (Å²) in [6.07, 6.45) is 2.97. The van der Waals surface area contributed by atoms with Gasteiger partial charge >= 0.3 is 0 Å². The maximum atomic E-state index is 12.6. The second-order valence-electron chi connectivity index (χ2n) is 6.74. The van der Waals surface area contributed by atoms with Gasteiger partial charge in [-0.2, -0.15) is 0 Å². The molecule has 0 aliphatic heterocycles. The van der Waals surface area contributed by atoms with Crippen molar-refractivity contribution >= 4 is 31.7 Å². The zero-order valence-corrected chi connectivity index (χ0v) is 18.3. The van der Waals surface area contributed by atoms with Crippen LogP contribution in [0.25, 0.3) is 0 Å². The average Bonchev–Trinajstić information content (AvgIpc) is 2.73. The van der Waals surface area contributed by atoms with Crippen molar-refractivity contribution < 1.29 is 13.2 Å². The fourth-order valence-electron chi connectivity index (χ4n) is 2.82. The lowest BCUT2D eigenvalue weighted by Gasteiger charge is -2.14. The first kappa shape index (κ1) is 21.2. The molecule has 0 bridgehead atoms. The van der Waals surface area contributed by atoms with Gasteiger partial charge < -0.3 is 5.32 Å². The Morgan fingerprint density at radius 1 is 1.03 bits per heavy atom. The van der Waals surface area contributed by atoms with Crippen LogP contribution in [-0.2, 0) is 16.3 Å². The lowest BCUT2D eigenvalue weighted by molar-refractivity contribution is 0.0938. The molecule has 1 amide bonds. The van der Waals surface area contributed by atoms with Gasteiger partial charge in [0.1, 0.15) is 0 Å². The number of carbonyl (C=O) groups is 1. The molecule has 0 fully saturated rings. The van der Waals surface area contributed by atoms with E-state index in [0.717, 1.165) is 17.3 Å². The van der Waals surface area contributed by atoms with Gasteiger partial charge in [0.25, 0.3) is 5.91 Å². The Morgan fingerprint density at radius 2 is 1.72 bits per heavy atom. The number of aromatic nitrogens is 1. The van der Waals surface area contributed by atoms with Crippen molar-refractivity contribution in [3.63, 3.8) is 0 Å². The number of carbonyl (C=O) groups excluding carboxylic acids is 1. The summed E-state index contributed by atoms with van der Waals surface area (Å²) in [5.41, 5.74) is 1.55. The number of benzene rings is 2. The van der Waals surface area contributed by atoms with Crippen LogP contribution in [0.2, 0.25) is 0 Å². The highest BCUT2D eigenvalue weighted by molar-refractivity contribution is 9.10. The second kappa shape index (κ2) is 9.33. The molecule has 3 aromatic rings. The van der Waals surface area contributed by atoms with Crippen LogP contribution in [-0.4, -0.2) is 25.4 Å². The molecule has 0 aliphatic carbocycles. The first-order chi connectivity index (χ1) is 13.9. The standard InChI is InChI=1S/C22H21BrN2O3S/c1-16(7-8-17-5-3-2-4-6-17)25-22(26)18-9-14-21(24-15-18)29(27,28)20-12-10-19(23)11-13-20/h2-6,9-16H,7-8H2,1H3,(H,25,26)/t16-/m0/s1. The minimum absolute atomic E-state index is 0.0196. The predicted octanol–water partition coefficient (Wildman–Crippen LogP) is 4.43. The van der Waals surface area contributed by atoms with E-state index in [1.807, 2.05) is 25.1 Å². The van der Waals surface area contributed by atoms with Gasteiger partial charge in [0.05, 0.1) is 10.5 Å². The molecule has 1 heterocycles. The number of hydrogen-bond acceptors (Lipinski definition) is 4. The third-order valence-corrected chi connectivity index (χ3v) is 6.70. The van der Waals surface area contributed by atoms with Crippen molar-refractivity contribution in [3.8, 4) is 0 Å². The molecule has 0 aliphatic rings. The van der Waals surface area contributed by atoms with Crippen molar-refractivity contribution in [3.05, 3.63) is 88.5 Å². The number of amides is 1. The molecule has 1 aromatic heterocycles. The molecular formula is C22H21BrN2O3S. The number of sulfone groups is 1. The van der Waals surface area contributed by atoms with Crippen LogP contribution in [0.15, 0.2) is 87.3 Å². The first-order valence-electron chi connectivity index (χ1n) is 9.18. The number of nitrogens with one attached hydrogen (secondary N) is 1. The molecule has 0 saturated heterocycles. The summed E-state index contributed by atoms with van der Waals surface area (Å²) in [4.78, 5) is 16.6. The molecule has 29 heavy (non-hydrogen) atoms. The first-order valence-corrected chi connectivity index (χ1v) is 11.5. The molecule has 0 spiro atoms. The van der Waals surface area contributed by atoms with Crippen LogP contribution in [0.3, 0.4) is 0 Å². The molecule has 0 radical (unpaired) electrons. The van der Waals surface area contributed by atoms with Crippen molar-refractivity contribution in [2.45, 2.75) is 35.7 Å². The molecule has 1 atom stereocenters. The molecule has 7 heteroatoms. The SMILES string of the molecule is C[C@@H](CCc1ccccc1)NC(=O)c1ccc(S(=O)(=O)c2ccc(Br)cc2)nc1. The zero-order chi connectivity index (χ0) is 20.9. The molecule has 1 N–H and O–H groups in total. The van der Waals surface area contributed by atoms with E-state index in [9.17, 15) is 13.2 Å². The Kier molecular flexibility index (Phi) is 6.82. The van der Waals surface area contributed by atoms with Crippen LogP contribution in [0, 0.1) is 0 Å². The number of halogens is 1. The molecule has 0 unspecified atom stereocenters. The number of aryl methyl sites for hydroxylation is 1. The van der Waals surface area contributed by atoms with Gasteiger partial charge in [-0.05, 0) is 61.7 Å². The van der Waals surface area contributed by atoms with Crippen molar-refractivity contribution in [1.29, 1.82) is 0 Å². The van der Waals surface area contributed by atoms with Crippen LogP contribution < -0.4 is 5.32 Å². The van der Waals surface area contributed by atoms with Crippen LogP contribution in [0.5, 0.6) is 0 Å². The summed E-state index contributed by atoms with van der Waals surface area (Å²) in [6, 6.07) is 19.2. The van der Waals surface area contributed by atoms with E-state index < -0.39 is 9.84 Å². The summed E-state index contributed by atoms with van der Waals surface area (Å²) in [6.45, 7) is 1.95. The predicted molar refractivity (Wildman–Crippen MR) is 116 cm³/mol. The van der Waals surface area contributed by atoms with Gasteiger partial charge in [-0.3, -0.25) is 4.79 Å². The fraction of sp³-hybridized carbons (Fsp3) is 0.182. The second-order valence-corrected chi connectivity index (χ2v) is 9.55. The minimum atomic E-state index is -3.72. The van der Waals surface area contributed by atoms with E-state index in [1.54, 1.807) is 12.1 Å². The average molecular weight is 473 g/mol. The third-order valence-electron chi connectivity index (χ3n) is 4.48. The van der Waals surface area contributed by atoms with Crippen molar-refractivity contribution in [2.75, 3.05) is 0 Å². The Hall–Kier alpha value is -2.51. The summed E-state index contributed by atoms with van der Waals surface area (Å²) in [5, 5.41) is 2.84. The monoisotopic (exact) mass is 472 g/mol. The molecule has 150 valence electrons. The van der Waals surface area contributed by atoms with E-state index in [4.69, 9.17) is 0 Å². The highest BCUT2D eigenvalue weighted by Crippen LogP contribution is 2.21. The molecule has 2 aromatic carbocycles. The number of hydrogen-bond donors (Lipinski definition) is 1. The normalized spacial score (nSPS) is 12.3. The van der Waals surface area contributed by atoms with Crippen LogP contribution in [0.1, 0.15) is 29.3 Å². The van der Waals surface area contributed by atoms with Gasteiger partial charge in [0.15, 0.2) is 5.03 Å². The highest BCUT2D eigenvalue weighted by Gasteiger charge is 2.20.